The maximum atomic E-state index is 11.2. The molecule has 2 rings (SSSR count). The minimum atomic E-state index is -3.65. The first-order valence-corrected chi connectivity index (χ1v) is 6.90. The highest BCUT2D eigenvalue weighted by atomic mass is 79.9. The van der Waals surface area contributed by atoms with Crippen molar-refractivity contribution < 1.29 is 13.2 Å². The van der Waals surface area contributed by atoms with Crippen molar-refractivity contribution in [2.45, 2.75) is 0 Å². The molecule has 0 aromatic heterocycles. The third-order valence-corrected chi connectivity index (χ3v) is 3.71. The van der Waals surface area contributed by atoms with E-state index in [2.05, 4.69) is 20.3 Å². The molecule has 0 radical (unpaired) electrons. The van der Waals surface area contributed by atoms with E-state index < -0.39 is 10.0 Å². The lowest BCUT2D eigenvalue weighted by Gasteiger charge is -2.04. The zero-order chi connectivity index (χ0) is 12.5. The Kier molecular flexibility index (Phi) is 3.21. The molecule has 90 valence electrons. The Labute approximate surface area is 107 Å². The smallest absolute Gasteiger partial charge is 0.297 e. The average Bonchev–Trinajstić information content (AvgIpc) is 2.50. The summed E-state index contributed by atoms with van der Waals surface area (Å²) in [4.78, 5) is 0. The number of ether oxygens (including phenoxy) is 1. The highest BCUT2D eigenvalue weighted by Crippen LogP contribution is 2.18. The van der Waals surface area contributed by atoms with Crippen LogP contribution in [-0.2, 0) is 10.0 Å². The second-order valence-electron chi connectivity index (χ2n) is 3.35. The summed E-state index contributed by atoms with van der Waals surface area (Å²) < 4.78 is 32.1. The quantitative estimate of drug-likeness (QED) is 0.914. The van der Waals surface area contributed by atoms with Gasteiger partial charge < -0.3 is 10.5 Å². The first kappa shape index (κ1) is 12.1. The standard InChI is InChI=1S/C10H9BrN2O3S/c11-7-2-1-3-9(4-7)16-6-8-5-10(12)17(14,15)13-8/h1-5H,6,12H2. The molecule has 5 nitrogen and oxygen atoms in total. The normalized spacial score (nSPS) is 17.5. The van der Waals surface area contributed by atoms with Gasteiger partial charge in [-0.25, -0.2) is 0 Å². The van der Waals surface area contributed by atoms with Crippen LogP contribution in [0.3, 0.4) is 0 Å². The molecule has 17 heavy (non-hydrogen) atoms. The molecule has 0 fully saturated rings. The molecule has 0 spiro atoms. The molecule has 2 N–H and O–H groups in total. The SMILES string of the molecule is NC1=CC(COc2cccc(Br)c2)=NS1(=O)=O. The lowest BCUT2D eigenvalue weighted by molar-refractivity contribution is 0.377. The third-order valence-electron chi connectivity index (χ3n) is 2.03. The maximum absolute atomic E-state index is 11.2. The molecule has 0 saturated heterocycles. The Morgan fingerprint density at radius 2 is 2.18 bits per heavy atom. The van der Waals surface area contributed by atoms with Gasteiger partial charge in [-0.2, -0.15) is 12.8 Å². The molecule has 1 aromatic carbocycles. The van der Waals surface area contributed by atoms with Crippen molar-refractivity contribution in [3.8, 4) is 5.75 Å². The van der Waals surface area contributed by atoms with Gasteiger partial charge in [0, 0.05) is 10.5 Å². The predicted octanol–water partition coefficient (Wildman–Crippen LogP) is 1.41. The number of nitrogens with zero attached hydrogens (tertiary/aromatic N) is 1. The van der Waals surface area contributed by atoms with Crippen molar-refractivity contribution in [1.29, 1.82) is 0 Å². The van der Waals surface area contributed by atoms with Gasteiger partial charge in [0.1, 0.15) is 12.4 Å². The van der Waals surface area contributed by atoms with E-state index in [-0.39, 0.29) is 11.6 Å². The van der Waals surface area contributed by atoms with Gasteiger partial charge in [0.05, 0.1) is 5.71 Å². The minimum absolute atomic E-state index is 0.0659. The van der Waals surface area contributed by atoms with Gasteiger partial charge in [0.15, 0.2) is 5.03 Å². The van der Waals surface area contributed by atoms with Gasteiger partial charge >= 0.3 is 0 Å². The average molecular weight is 317 g/mol. The van der Waals surface area contributed by atoms with Crippen LogP contribution in [0.4, 0.5) is 0 Å². The van der Waals surface area contributed by atoms with Gasteiger partial charge in [0.25, 0.3) is 10.0 Å². The summed E-state index contributed by atoms with van der Waals surface area (Å²) in [6.07, 6.45) is 1.30. The molecular weight excluding hydrogens is 308 g/mol. The Bertz CT molecular complexity index is 608. The van der Waals surface area contributed by atoms with Crippen molar-refractivity contribution in [3.05, 3.63) is 39.8 Å². The van der Waals surface area contributed by atoms with Crippen LogP contribution < -0.4 is 10.5 Å². The number of rotatable bonds is 3. The molecule has 0 atom stereocenters. The lowest BCUT2D eigenvalue weighted by Crippen LogP contribution is -2.07. The molecule has 1 aliphatic rings. The number of halogens is 1. The van der Waals surface area contributed by atoms with Crippen molar-refractivity contribution in [1.82, 2.24) is 0 Å². The lowest BCUT2D eigenvalue weighted by atomic mass is 10.3. The first-order valence-electron chi connectivity index (χ1n) is 4.67. The fraction of sp³-hybridized carbons (Fsp3) is 0.100. The third kappa shape index (κ3) is 2.86. The summed E-state index contributed by atoms with van der Waals surface area (Å²) in [6.45, 7) is 0.0659. The number of nitrogens with two attached hydrogens (primary N) is 1. The Hall–Kier alpha value is -1.34. The van der Waals surface area contributed by atoms with E-state index in [4.69, 9.17) is 10.5 Å². The van der Waals surface area contributed by atoms with Gasteiger partial charge in [-0.3, -0.25) is 0 Å². The molecule has 0 saturated carbocycles. The van der Waals surface area contributed by atoms with E-state index in [1.54, 1.807) is 12.1 Å². The van der Waals surface area contributed by atoms with Gasteiger partial charge in [-0.15, -0.1) is 0 Å². The van der Waals surface area contributed by atoms with Crippen LogP contribution in [0, 0.1) is 0 Å². The fourth-order valence-electron chi connectivity index (χ4n) is 1.25. The zero-order valence-electron chi connectivity index (χ0n) is 8.63. The molecule has 1 aliphatic heterocycles. The second-order valence-corrected chi connectivity index (χ2v) is 5.87. The zero-order valence-corrected chi connectivity index (χ0v) is 11.0. The van der Waals surface area contributed by atoms with Crippen LogP contribution in [0.5, 0.6) is 5.75 Å². The van der Waals surface area contributed by atoms with Crippen molar-refractivity contribution in [3.63, 3.8) is 0 Å². The topological polar surface area (TPSA) is 81.8 Å². The molecule has 0 unspecified atom stereocenters. The summed E-state index contributed by atoms with van der Waals surface area (Å²) in [5, 5.41) is -0.245. The largest absolute Gasteiger partial charge is 0.487 e. The summed E-state index contributed by atoms with van der Waals surface area (Å²) >= 11 is 3.31. The highest BCUT2D eigenvalue weighted by molar-refractivity contribution is 9.10. The number of sulfonamides is 1. The second kappa shape index (κ2) is 4.50. The van der Waals surface area contributed by atoms with Gasteiger partial charge in [-0.1, -0.05) is 22.0 Å². The summed E-state index contributed by atoms with van der Waals surface area (Å²) in [6, 6.07) is 7.22. The van der Waals surface area contributed by atoms with E-state index in [1.165, 1.54) is 6.08 Å². The van der Waals surface area contributed by atoms with Gasteiger partial charge in [0.2, 0.25) is 0 Å². The summed E-state index contributed by atoms with van der Waals surface area (Å²) in [7, 11) is -3.65. The predicted molar refractivity (Wildman–Crippen MR) is 68.3 cm³/mol. The molecule has 0 aliphatic carbocycles. The van der Waals surface area contributed by atoms with Crippen LogP contribution in [0.2, 0.25) is 0 Å². The van der Waals surface area contributed by atoms with E-state index in [9.17, 15) is 8.42 Å². The Balaban J connectivity index is 2.06. The van der Waals surface area contributed by atoms with Crippen LogP contribution in [0.1, 0.15) is 0 Å². The number of hydrogen-bond donors (Lipinski definition) is 1. The van der Waals surface area contributed by atoms with Crippen LogP contribution in [0.15, 0.2) is 44.2 Å². The van der Waals surface area contributed by atoms with E-state index >= 15 is 0 Å². The van der Waals surface area contributed by atoms with Crippen LogP contribution in [-0.4, -0.2) is 20.7 Å². The van der Waals surface area contributed by atoms with Crippen LogP contribution >= 0.6 is 15.9 Å². The minimum Gasteiger partial charge on any atom is -0.487 e. The summed E-state index contributed by atoms with van der Waals surface area (Å²) in [5.41, 5.74) is 5.59. The van der Waals surface area contributed by atoms with Crippen molar-refractivity contribution >= 4 is 31.7 Å². The molecule has 7 heteroatoms. The molecular formula is C10H9BrN2O3S. The van der Waals surface area contributed by atoms with Crippen molar-refractivity contribution in [2.75, 3.05) is 6.61 Å². The number of benzene rings is 1. The van der Waals surface area contributed by atoms with E-state index in [0.29, 0.717) is 11.5 Å². The Morgan fingerprint density at radius 1 is 1.41 bits per heavy atom. The fourth-order valence-corrected chi connectivity index (χ4v) is 2.44. The Morgan fingerprint density at radius 3 is 2.76 bits per heavy atom. The van der Waals surface area contributed by atoms with E-state index in [0.717, 1.165) is 4.47 Å². The highest BCUT2D eigenvalue weighted by Gasteiger charge is 2.21. The number of hydrogen-bond acceptors (Lipinski definition) is 4. The van der Waals surface area contributed by atoms with Crippen LogP contribution in [0.25, 0.3) is 0 Å². The maximum Gasteiger partial charge on any atom is 0.297 e. The molecule has 0 amide bonds. The molecule has 1 heterocycles. The monoisotopic (exact) mass is 316 g/mol. The van der Waals surface area contributed by atoms with Crippen molar-refractivity contribution in [2.24, 2.45) is 10.1 Å². The van der Waals surface area contributed by atoms with E-state index in [1.807, 2.05) is 12.1 Å². The molecule has 1 aromatic rings. The van der Waals surface area contributed by atoms with Gasteiger partial charge in [-0.05, 0) is 18.2 Å². The summed E-state index contributed by atoms with van der Waals surface area (Å²) in [5.74, 6) is 0.623. The first-order chi connectivity index (χ1) is 7.97. The molecule has 0 bridgehead atoms.